The number of hydrogen-bond donors (Lipinski definition) is 0. The molecule has 0 bridgehead atoms. The molecule has 0 heterocycles. The summed E-state index contributed by atoms with van der Waals surface area (Å²) in [5.74, 6) is 2.69. The Kier molecular flexibility index (Phi) is 3.13. The summed E-state index contributed by atoms with van der Waals surface area (Å²) in [6.07, 6.45) is 5.31. The molecule has 64 valence electrons. The van der Waals surface area contributed by atoms with Crippen molar-refractivity contribution < 1.29 is 4.74 Å². The predicted octanol–water partition coefficient (Wildman–Crippen LogP) is 2.46. The average molecular weight is 154 g/mol. The van der Waals surface area contributed by atoms with Gasteiger partial charge in [-0.15, -0.1) is 6.42 Å². The van der Waals surface area contributed by atoms with Crippen LogP contribution in [0.25, 0.3) is 0 Å². The molecule has 0 rings (SSSR count). The van der Waals surface area contributed by atoms with Gasteiger partial charge in [0.1, 0.15) is 0 Å². The van der Waals surface area contributed by atoms with Crippen LogP contribution in [0.3, 0.4) is 0 Å². The topological polar surface area (TPSA) is 9.23 Å². The highest BCUT2D eigenvalue weighted by atomic mass is 16.5. The highest BCUT2D eigenvalue weighted by Gasteiger charge is 2.18. The third-order valence-electron chi connectivity index (χ3n) is 1.26. The van der Waals surface area contributed by atoms with E-state index >= 15 is 0 Å². The van der Waals surface area contributed by atoms with Crippen molar-refractivity contribution in [3.05, 3.63) is 0 Å². The quantitative estimate of drug-likeness (QED) is 0.555. The van der Waals surface area contributed by atoms with E-state index in [1.165, 1.54) is 0 Å². The summed E-state index contributed by atoms with van der Waals surface area (Å²) in [5, 5.41) is 0. The second kappa shape index (κ2) is 3.28. The highest BCUT2D eigenvalue weighted by Crippen LogP contribution is 2.17. The summed E-state index contributed by atoms with van der Waals surface area (Å²) in [6, 6.07) is 0. The lowest BCUT2D eigenvalue weighted by molar-refractivity contribution is -0.0295. The molecule has 0 amide bonds. The molecule has 0 N–H and O–H groups in total. The van der Waals surface area contributed by atoms with Crippen LogP contribution in [0.5, 0.6) is 0 Å². The van der Waals surface area contributed by atoms with Crippen LogP contribution in [0, 0.1) is 17.8 Å². The van der Waals surface area contributed by atoms with Crippen molar-refractivity contribution in [3.63, 3.8) is 0 Å². The summed E-state index contributed by atoms with van der Waals surface area (Å²) in [6.45, 7) is 10.7. The molecule has 1 nitrogen and oxygen atoms in total. The van der Waals surface area contributed by atoms with Gasteiger partial charge in [-0.3, -0.25) is 0 Å². The summed E-state index contributed by atoms with van der Waals surface area (Å²) in [4.78, 5) is 0. The van der Waals surface area contributed by atoms with Crippen molar-refractivity contribution >= 4 is 0 Å². The van der Waals surface area contributed by atoms with Gasteiger partial charge < -0.3 is 4.74 Å². The van der Waals surface area contributed by atoms with E-state index in [9.17, 15) is 0 Å². The molecule has 0 saturated carbocycles. The maximum Gasteiger partial charge on any atom is 0.0633 e. The second-order valence-corrected chi connectivity index (χ2v) is 4.43. The molecule has 0 aliphatic rings. The van der Waals surface area contributed by atoms with E-state index in [1.807, 2.05) is 34.6 Å². The van der Waals surface area contributed by atoms with Gasteiger partial charge in [0, 0.05) is 5.41 Å². The number of rotatable bonds is 2. The molecule has 0 radical (unpaired) electrons. The fraction of sp³-hybridized carbons (Fsp3) is 0.800. The molecule has 0 aromatic heterocycles. The second-order valence-electron chi connectivity index (χ2n) is 4.43. The van der Waals surface area contributed by atoms with Gasteiger partial charge in [0.2, 0.25) is 0 Å². The zero-order chi connectivity index (χ0) is 9.12. The average Bonchev–Trinajstić information content (AvgIpc) is 1.83. The van der Waals surface area contributed by atoms with Crippen molar-refractivity contribution in [2.24, 2.45) is 5.41 Å². The third-order valence-corrected chi connectivity index (χ3v) is 1.26. The van der Waals surface area contributed by atoms with E-state index in [-0.39, 0.29) is 11.0 Å². The van der Waals surface area contributed by atoms with Crippen LogP contribution in [0.4, 0.5) is 0 Å². The fourth-order valence-corrected chi connectivity index (χ4v) is 0.439. The Balaban J connectivity index is 3.83. The predicted molar refractivity (Wildman–Crippen MR) is 48.3 cm³/mol. The summed E-state index contributed by atoms with van der Waals surface area (Å²) in [7, 11) is 0. The van der Waals surface area contributed by atoms with E-state index < -0.39 is 0 Å². The van der Waals surface area contributed by atoms with Crippen molar-refractivity contribution in [1.82, 2.24) is 0 Å². The van der Waals surface area contributed by atoms with Crippen LogP contribution in [0.1, 0.15) is 34.6 Å². The van der Waals surface area contributed by atoms with Crippen molar-refractivity contribution in [2.45, 2.75) is 40.2 Å². The van der Waals surface area contributed by atoms with Crippen LogP contribution >= 0.6 is 0 Å². The van der Waals surface area contributed by atoms with Crippen LogP contribution in [-0.4, -0.2) is 12.2 Å². The number of hydrogen-bond acceptors (Lipinski definition) is 1. The molecule has 0 atom stereocenters. The van der Waals surface area contributed by atoms with Gasteiger partial charge >= 0.3 is 0 Å². The van der Waals surface area contributed by atoms with Crippen LogP contribution < -0.4 is 0 Å². The van der Waals surface area contributed by atoms with Gasteiger partial charge in [0.25, 0.3) is 0 Å². The Bertz CT molecular complexity index is 155. The number of terminal acetylenes is 1. The van der Waals surface area contributed by atoms with E-state index in [0.29, 0.717) is 6.61 Å². The minimum Gasteiger partial charge on any atom is -0.374 e. The largest absolute Gasteiger partial charge is 0.374 e. The molecule has 0 saturated heterocycles. The molecule has 0 aliphatic carbocycles. The normalized spacial score (nSPS) is 12.7. The van der Waals surface area contributed by atoms with Gasteiger partial charge in [-0.05, 0) is 34.6 Å². The zero-order valence-corrected chi connectivity index (χ0v) is 8.19. The first-order valence-electron chi connectivity index (χ1n) is 3.89. The van der Waals surface area contributed by atoms with E-state index in [2.05, 4.69) is 5.92 Å². The van der Waals surface area contributed by atoms with Crippen LogP contribution in [0.2, 0.25) is 0 Å². The monoisotopic (exact) mass is 154 g/mol. The Morgan fingerprint density at radius 3 is 1.91 bits per heavy atom. The number of ether oxygens (including phenoxy) is 1. The zero-order valence-electron chi connectivity index (χ0n) is 8.19. The summed E-state index contributed by atoms with van der Waals surface area (Å²) in [5.41, 5.74) is -0.235. The van der Waals surface area contributed by atoms with Gasteiger partial charge in [-0.2, -0.15) is 0 Å². The standard InChI is InChI=1S/C10H18O/c1-7-10(5,6)8-11-9(2,3)4/h1H,8H2,2-6H3. The molecular formula is C10H18O. The molecule has 0 fully saturated rings. The first-order chi connectivity index (χ1) is 4.77. The van der Waals surface area contributed by atoms with Crippen molar-refractivity contribution in [1.29, 1.82) is 0 Å². The lowest BCUT2D eigenvalue weighted by atomic mass is 9.96. The maximum absolute atomic E-state index is 5.54. The first-order valence-corrected chi connectivity index (χ1v) is 3.89. The van der Waals surface area contributed by atoms with Gasteiger partial charge in [0.15, 0.2) is 0 Å². The summed E-state index contributed by atoms with van der Waals surface area (Å²) >= 11 is 0. The van der Waals surface area contributed by atoms with Gasteiger partial charge in [-0.25, -0.2) is 0 Å². The molecule has 0 aromatic rings. The van der Waals surface area contributed by atoms with E-state index in [1.54, 1.807) is 0 Å². The lowest BCUT2D eigenvalue weighted by Gasteiger charge is -2.25. The molecular weight excluding hydrogens is 136 g/mol. The molecule has 1 heteroatoms. The first kappa shape index (κ1) is 10.5. The Morgan fingerprint density at radius 2 is 1.64 bits per heavy atom. The molecule has 0 unspecified atom stereocenters. The minimum atomic E-state index is -0.146. The smallest absolute Gasteiger partial charge is 0.0633 e. The van der Waals surface area contributed by atoms with Crippen LogP contribution in [-0.2, 0) is 4.74 Å². The van der Waals surface area contributed by atoms with Gasteiger partial charge in [0.05, 0.1) is 12.2 Å². The van der Waals surface area contributed by atoms with Crippen LogP contribution in [0.15, 0.2) is 0 Å². The Labute approximate surface area is 70.1 Å². The fourth-order valence-electron chi connectivity index (χ4n) is 0.439. The van der Waals surface area contributed by atoms with E-state index in [4.69, 9.17) is 11.2 Å². The summed E-state index contributed by atoms with van der Waals surface area (Å²) < 4.78 is 5.54. The Morgan fingerprint density at radius 1 is 1.18 bits per heavy atom. The molecule has 11 heavy (non-hydrogen) atoms. The van der Waals surface area contributed by atoms with Gasteiger partial charge in [-0.1, -0.05) is 5.92 Å². The SMILES string of the molecule is C#CC(C)(C)COC(C)(C)C. The third kappa shape index (κ3) is 5.94. The maximum atomic E-state index is 5.54. The molecule has 0 spiro atoms. The lowest BCUT2D eigenvalue weighted by Crippen LogP contribution is -2.27. The van der Waals surface area contributed by atoms with Crippen molar-refractivity contribution in [3.8, 4) is 12.3 Å². The minimum absolute atomic E-state index is 0.0892. The Hall–Kier alpha value is -0.480. The van der Waals surface area contributed by atoms with E-state index in [0.717, 1.165) is 0 Å². The molecule has 0 aliphatic heterocycles. The highest BCUT2D eigenvalue weighted by molar-refractivity contribution is 5.00. The molecule has 0 aromatic carbocycles. The van der Waals surface area contributed by atoms with Crippen molar-refractivity contribution in [2.75, 3.05) is 6.61 Å².